The Bertz CT molecular complexity index is 553. The Balaban J connectivity index is 1.81. The van der Waals surface area contributed by atoms with Crippen LogP contribution in [0.3, 0.4) is 0 Å². The average molecular weight is 339 g/mol. The molecule has 1 aromatic heterocycles. The molecule has 2 N–H and O–H groups in total. The minimum absolute atomic E-state index is 0.00682. The molecule has 1 saturated carbocycles. The monoisotopic (exact) mass is 339 g/mol. The van der Waals surface area contributed by atoms with Crippen LogP contribution < -0.4 is 15.4 Å². The molecule has 2 rings (SSSR count). The van der Waals surface area contributed by atoms with Gasteiger partial charge in [-0.2, -0.15) is 22.0 Å². The standard InChI is InChI=1S/C13H14F5N3O2/c14-11(15)23-10-5-7(3-4-19-10)6-20-12(22)21-9-2-1-8(9)13(16,17)18/h3-5,8-9,11H,1-2,6H2,(H2,20,21,22)/t8-,9+/m0/s1. The summed E-state index contributed by atoms with van der Waals surface area (Å²) in [7, 11) is 0. The molecule has 2 amide bonds. The Kier molecular flexibility index (Phi) is 5.22. The van der Waals surface area contributed by atoms with Gasteiger partial charge in [0, 0.05) is 24.8 Å². The normalized spacial score (nSPS) is 20.8. The van der Waals surface area contributed by atoms with Gasteiger partial charge in [0.1, 0.15) is 0 Å². The molecule has 2 atom stereocenters. The number of ether oxygens (including phenoxy) is 1. The van der Waals surface area contributed by atoms with Crippen molar-refractivity contribution >= 4 is 6.03 Å². The van der Waals surface area contributed by atoms with Crippen molar-refractivity contribution in [1.29, 1.82) is 0 Å². The molecule has 0 bridgehead atoms. The van der Waals surface area contributed by atoms with Crippen molar-refractivity contribution in [3.63, 3.8) is 0 Å². The number of alkyl halides is 5. The van der Waals surface area contributed by atoms with E-state index in [1.165, 1.54) is 18.3 Å². The van der Waals surface area contributed by atoms with Crippen LogP contribution >= 0.6 is 0 Å². The van der Waals surface area contributed by atoms with E-state index >= 15 is 0 Å². The van der Waals surface area contributed by atoms with E-state index in [0.29, 0.717) is 5.56 Å². The van der Waals surface area contributed by atoms with Crippen LogP contribution in [-0.4, -0.2) is 29.8 Å². The molecule has 23 heavy (non-hydrogen) atoms. The van der Waals surface area contributed by atoms with Gasteiger partial charge in [-0.15, -0.1) is 0 Å². The topological polar surface area (TPSA) is 63.2 Å². The van der Waals surface area contributed by atoms with Crippen LogP contribution in [0.4, 0.5) is 26.7 Å². The molecular formula is C13H14F5N3O2. The molecule has 1 heterocycles. The summed E-state index contributed by atoms with van der Waals surface area (Å²) in [5.41, 5.74) is 0.423. The van der Waals surface area contributed by atoms with Gasteiger partial charge in [0.15, 0.2) is 0 Å². The third-order valence-electron chi connectivity index (χ3n) is 3.47. The van der Waals surface area contributed by atoms with Crippen molar-refractivity contribution in [2.24, 2.45) is 5.92 Å². The predicted molar refractivity (Wildman–Crippen MR) is 68.8 cm³/mol. The number of carbonyl (C=O) groups is 1. The molecule has 0 aromatic carbocycles. The summed E-state index contributed by atoms with van der Waals surface area (Å²) in [6.07, 6.45) is -2.85. The number of hydrogen-bond donors (Lipinski definition) is 2. The third-order valence-corrected chi connectivity index (χ3v) is 3.47. The zero-order valence-corrected chi connectivity index (χ0v) is 11.7. The number of hydrogen-bond acceptors (Lipinski definition) is 3. The van der Waals surface area contributed by atoms with E-state index in [1.54, 1.807) is 0 Å². The predicted octanol–water partition coefficient (Wildman–Crippen LogP) is 2.82. The lowest BCUT2D eigenvalue weighted by Crippen LogP contribution is -2.54. The fourth-order valence-corrected chi connectivity index (χ4v) is 2.18. The lowest BCUT2D eigenvalue weighted by Gasteiger charge is -2.38. The largest absolute Gasteiger partial charge is 0.417 e. The second kappa shape index (κ2) is 6.97. The first-order chi connectivity index (χ1) is 10.8. The van der Waals surface area contributed by atoms with Crippen LogP contribution in [0.2, 0.25) is 0 Å². The number of aromatic nitrogens is 1. The molecule has 0 saturated heterocycles. The van der Waals surface area contributed by atoms with Crippen molar-refractivity contribution in [1.82, 2.24) is 15.6 Å². The highest BCUT2D eigenvalue weighted by Gasteiger charge is 2.50. The summed E-state index contributed by atoms with van der Waals surface area (Å²) < 4.78 is 65.9. The molecule has 1 aromatic rings. The summed E-state index contributed by atoms with van der Waals surface area (Å²) in [6, 6.07) is 0.969. The highest BCUT2D eigenvalue weighted by atomic mass is 19.4. The van der Waals surface area contributed by atoms with Gasteiger partial charge in [0.05, 0.1) is 5.92 Å². The lowest BCUT2D eigenvalue weighted by atomic mass is 9.79. The number of amides is 2. The van der Waals surface area contributed by atoms with E-state index < -0.39 is 30.8 Å². The SMILES string of the molecule is O=C(NCc1ccnc(OC(F)F)c1)N[C@@H]1CC[C@@H]1C(F)(F)F. The van der Waals surface area contributed by atoms with E-state index in [0.717, 1.165) is 0 Å². The van der Waals surface area contributed by atoms with E-state index in [4.69, 9.17) is 0 Å². The molecule has 10 heteroatoms. The fraction of sp³-hybridized carbons (Fsp3) is 0.538. The summed E-state index contributed by atoms with van der Waals surface area (Å²) >= 11 is 0. The molecule has 0 radical (unpaired) electrons. The van der Waals surface area contributed by atoms with Crippen LogP contribution in [0, 0.1) is 5.92 Å². The van der Waals surface area contributed by atoms with Crippen molar-refractivity contribution in [3.05, 3.63) is 23.9 Å². The minimum Gasteiger partial charge on any atom is -0.417 e. The van der Waals surface area contributed by atoms with Gasteiger partial charge in [0.25, 0.3) is 0 Å². The number of rotatable bonds is 5. The van der Waals surface area contributed by atoms with Crippen LogP contribution in [0.25, 0.3) is 0 Å². The van der Waals surface area contributed by atoms with Crippen LogP contribution in [0.1, 0.15) is 18.4 Å². The van der Waals surface area contributed by atoms with E-state index in [1.807, 2.05) is 0 Å². The third kappa shape index (κ3) is 4.93. The van der Waals surface area contributed by atoms with Gasteiger partial charge in [-0.05, 0) is 24.5 Å². The molecule has 0 aliphatic heterocycles. The Hall–Kier alpha value is -2.13. The van der Waals surface area contributed by atoms with Crippen molar-refractivity contribution in [2.45, 2.75) is 38.2 Å². The maximum atomic E-state index is 12.5. The summed E-state index contributed by atoms with van der Waals surface area (Å²) in [4.78, 5) is 15.2. The summed E-state index contributed by atoms with van der Waals surface area (Å²) in [5, 5.41) is 4.62. The number of pyridine rings is 1. The van der Waals surface area contributed by atoms with Crippen molar-refractivity contribution in [2.75, 3.05) is 0 Å². The Morgan fingerprint density at radius 2 is 2.13 bits per heavy atom. The zero-order chi connectivity index (χ0) is 17.0. The fourth-order valence-electron chi connectivity index (χ4n) is 2.18. The molecule has 0 spiro atoms. The Morgan fingerprint density at radius 3 is 2.70 bits per heavy atom. The first-order valence-corrected chi connectivity index (χ1v) is 6.76. The van der Waals surface area contributed by atoms with Gasteiger partial charge in [-0.25, -0.2) is 9.78 Å². The average Bonchev–Trinajstić information content (AvgIpc) is 2.39. The van der Waals surface area contributed by atoms with Gasteiger partial charge < -0.3 is 15.4 Å². The second-order valence-electron chi connectivity index (χ2n) is 5.04. The molecule has 1 aliphatic rings. The second-order valence-corrected chi connectivity index (χ2v) is 5.04. The summed E-state index contributed by atoms with van der Waals surface area (Å²) in [5.74, 6) is -1.84. The van der Waals surface area contributed by atoms with Crippen LogP contribution in [0.15, 0.2) is 18.3 Å². The van der Waals surface area contributed by atoms with Crippen LogP contribution in [-0.2, 0) is 6.54 Å². The van der Waals surface area contributed by atoms with Gasteiger partial charge in [-0.3, -0.25) is 0 Å². The number of nitrogens with zero attached hydrogens (tertiary/aromatic N) is 1. The Labute approximate surface area is 128 Å². The maximum Gasteiger partial charge on any atom is 0.393 e. The van der Waals surface area contributed by atoms with Crippen molar-refractivity contribution in [3.8, 4) is 5.88 Å². The van der Waals surface area contributed by atoms with E-state index in [9.17, 15) is 26.7 Å². The number of halogens is 5. The smallest absolute Gasteiger partial charge is 0.393 e. The first kappa shape index (κ1) is 17.2. The van der Waals surface area contributed by atoms with Gasteiger partial charge >= 0.3 is 18.8 Å². The highest BCUT2D eigenvalue weighted by molar-refractivity contribution is 5.74. The first-order valence-electron chi connectivity index (χ1n) is 6.76. The zero-order valence-electron chi connectivity index (χ0n) is 11.7. The maximum absolute atomic E-state index is 12.5. The quantitative estimate of drug-likeness (QED) is 0.811. The van der Waals surface area contributed by atoms with E-state index in [2.05, 4.69) is 20.4 Å². The number of carbonyl (C=O) groups excluding carboxylic acids is 1. The van der Waals surface area contributed by atoms with Crippen LogP contribution in [0.5, 0.6) is 5.88 Å². The Morgan fingerprint density at radius 1 is 1.39 bits per heavy atom. The van der Waals surface area contributed by atoms with Gasteiger partial charge in [0.2, 0.25) is 5.88 Å². The van der Waals surface area contributed by atoms with E-state index in [-0.39, 0.29) is 25.3 Å². The molecule has 1 aliphatic carbocycles. The minimum atomic E-state index is -4.33. The number of nitrogens with one attached hydrogen (secondary N) is 2. The molecule has 128 valence electrons. The molecular weight excluding hydrogens is 325 g/mol. The molecule has 0 unspecified atom stereocenters. The molecule has 1 fully saturated rings. The van der Waals surface area contributed by atoms with Crippen molar-refractivity contribution < 1.29 is 31.5 Å². The highest BCUT2D eigenvalue weighted by Crippen LogP contribution is 2.40. The number of urea groups is 1. The lowest BCUT2D eigenvalue weighted by molar-refractivity contribution is -0.201. The van der Waals surface area contributed by atoms with Gasteiger partial charge in [-0.1, -0.05) is 0 Å². The summed E-state index contributed by atoms with van der Waals surface area (Å²) in [6.45, 7) is -3.08. The molecule has 5 nitrogen and oxygen atoms in total.